The van der Waals surface area contributed by atoms with Crippen LogP contribution in [0.2, 0.25) is 0 Å². The molecule has 0 radical (unpaired) electrons. The van der Waals surface area contributed by atoms with E-state index in [-0.39, 0.29) is 0 Å². The van der Waals surface area contributed by atoms with Gasteiger partial charge in [0.2, 0.25) is 0 Å². The van der Waals surface area contributed by atoms with E-state index in [0.29, 0.717) is 6.54 Å². The average Bonchev–Trinajstić information content (AvgIpc) is 2.66. The van der Waals surface area contributed by atoms with Crippen molar-refractivity contribution in [1.29, 1.82) is 0 Å². The summed E-state index contributed by atoms with van der Waals surface area (Å²) in [6.07, 6.45) is -4.29. The van der Waals surface area contributed by atoms with Crippen molar-refractivity contribution in [3.63, 3.8) is 0 Å². The summed E-state index contributed by atoms with van der Waals surface area (Å²) < 4.78 is 39.4. The minimum Gasteiger partial charge on any atom is -0.316 e. The van der Waals surface area contributed by atoms with E-state index < -0.39 is 11.7 Å². The summed E-state index contributed by atoms with van der Waals surface area (Å²) in [5.41, 5.74) is 3.26. The van der Waals surface area contributed by atoms with Crippen LogP contribution < -0.4 is 5.32 Å². The Labute approximate surface area is 121 Å². The first-order valence-corrected chi connectivity index (χ1v) is 6.66. The summed E-state index contributed by atoms with van der Waals surface area (Å²) in [4.78, 5) is 0. The van der Waals surface area contributed by atoms with Crippen LogP contribution in [0.5, 0.6) is 0 Å². The minimum absolute atomic E-state index is 0.467. The van der Waals surface area contributed by atoms with E-state index in [1.807, 2.05) is 25.6 Å². The van der Waals surface area contributed by atoms with Crippen LogP contribution in [0.15, 0.2) is 24.3 Å². The van der Waals surface area contributed by atoms with Gasteiger partial charge in [0.05, 0.1) is 17.8 Å². The van der Waals surface area contributed by atoms with Gasteiger partial charge in [0.15, 0.2) is 0 Å². The van der Waals surface area contributed by atoms with Gasteiger partial charge in [0.1, 0.15) is 0 Å². The molecule has 0 unspecified atom stereocenters. The smallest absolute Gasteiger partial charge is 0.316 e. The largest absolute Gasteiger partial charge is 0.416 e. The Kier molecular flexibility index (Phi) is 4.37. The second-order valence-corrected chi connectivity index (χ2v) is 5.03. The van der Waals surface area contributed by atoms with E-state index in [1.165, 1.54) is 12.1 Å². The van der Waals surface area contributed by atoms with Crippen LogP contribution in [-0.2, 0) is 19.3 Å². The van der Waals surface area contributed by atoms with Crippen molar-refractivity contribution in [2.24, 2.45) is 0 Å². The molecule has 114 valence electrons. The Bertz CT molecular complexity index is 612. The molecule has 0 aliphatic carbocycles. The van der Waals surface area contributed by atoms with Gasteiger partial charge in [-0.3, -0.25) is 4.68 Å². The molecule has 0 spiro atoms. The van der Waals surface area contributed by atoms with Crippen molar-refractivity contribution in [1.82, 2.24) is 15.1 Å². The molecule has 0 aliphatic rings. The van der Waals surface area contributed by atoms with E-state index in [0.717, 1.165) is 41.2 Å². The third-order valence-corrected chi connectivity index (χ3v) is 3.50. The van der Waals surface area contributed by atoms with Gasteiger partial charge in [-0.1, -0.05) is 12.1 Å². The Balaban J connectivity index is 2.21. The first kappa shape index (κ1) is 15.6. The molecule has 1 aromatic carbocycles. The van der Waals surface area contributed by atoms with Crippen LogP contribution in [0.3, 0.4) is 0 Å². The topological polar surface area (TPSA) is 29.9 Å². The molecule has 3 nitrogen and oxygen atoms in total. The van der Waals surface area contributed by atoms with Gasteiger partial charge in [-0.15, -0.1) is 0 Å². The molecular formula is C15H18F3N3. The van der Waals surface area contributed by atoms with Gasteiger partial charge in [0, 0.05) is 17.8 Å². The molecule has 0 amide bonds. The first-order valence-electron chi connectivity index (χ1n) is 6.66. The van der Waals surface area contributed by atoms with Crippen molar-refractivity contribution in [3.8, 4) is 0 Å². The van der Waals surface area contributed by atoms with Crippen LogP contribution in [0.25, 0.3) is 0 Å². The maximum absolute atomic E-state index is 12.5. The highest BCUT2D eigenvalue weighted by Gasteiger charge is 2.29. The Morgan fingerprint density at radius 3 is 2.29 bits per heavy atom. The summed E-state index contributed by atoms with van der Waals surface area (Å²) in [6, 6.07) is 5.21. The molecule has 0 bridgehead atoms. The maximum Gasteiger partial charge on any atom is 0.416 e. The number of nitrogens with one attached hydrogen (secondary N) is 1. The van der Waals surface area contributed by atoms with Crippen LogP contribution in [0.1, 0.15) is 28.1 Å². The Hall–Kier alpha value is -1.82. The quantitative estimate of drug-likeness (QED) is 0.938. The third-order valence-electron chi connectivity index (χ3n) is 3.50. The van der Waals surface area contributed by atoms with E-state index in [1.54, 1.807) is 0 Å². The van der Waals surface area contributed by atoms with Gasteiger partial charge in [-0.05, 0) is 38.6 Å². The lowest BCUT2D eigenvalue weighted by atomic mass is 10.1. The summed E-state index contributed by atoms with van der Waals surface area (Å²) in [5.74, 6) is 0. The summed E-state index contributed by atoms with van der Waals surface area (Å²) >= 11 is 0. The fourth-order valence-corrected chi connectivity index (χ4v) is 2.29. The molecule has 6 heteroatoms. The maximum atomic E-state index is 12.5. The standard InChI is InChI=1S/C15H18F3N3/c1-10-14(8-19-3)11(2)21(20-10)9-12-4-6-13(7-5-12)15(16,17)18/h4-7,19H,8-9H2,1-3H3. The number of nitrogens with zero attached hydrogens (tertiary/aromatic N) is 2. The van der Waals surface area contributed by atoms with E-state index in [9.17, 15) is 13.2 Å². The zero-order chi connectivity index (χ0) is 15.6. The fourth-order valence-electron chi connectivity index (χ4n) is 2.29. The molecule has 1 aromatic heterocycles. The lowest BCUT2D eigenvalue weighted by molar-refractivity contribution is -0.137. The number of halogens is 3. The van der Waals surface area contributed by atoms with E-state index >= 15 is 0 Å². The highest BCUT2D eigenvalue weighted by atomic mass is 19.4. The highest BCUT2D eigenvalue weighted by Crippen LogP contribution is 2.29. The van der Waals surface area contributed by atoms with Crippen LogP contribution in [0, 0.1) is 13.8 Å². The summed E-state index contributed by atoms with van der Waals surface area (Å²) in [5, 5.41) is 7.54. The van der Waals surface area contributed by atoms with Crippen molar-refractivity contribution in [2.75, 3.05) is 7.05 Å². The average molecular weight is 297 g/mol. The number of hydrogen-bond acceptors (Lipinski definition) is 2. The zero-order valence-electron chi connectivity index (χ0n) is 12.3. The number of benzene rings is 1. The lowest BCUT2D eigenvalue weighted by Gasteiger charge is -2.09. The predicted octanol–water partition coefficient (Wildman–Crippen LogP) is 3.29. The normalized spacial score (nSPS) is 11.9. The molecule has 0 saturated heterocycles. The van der Waals surface area contributed by atoms with Crippen molar-refractivity contribution in [2.45, 2.75) is 33.1 Å². The zero-order valence-corrected chi connectivity index (χ0v) is 12.3. The molecular weight excluding hydrogens is 279 g/mol. The van der Waals surface area contributed by atoms with Crippen molar-refractivity contribution < 1.29 is 13.2 Å². The number of alkyl halides is 3. The van der Waals surface area contributed by atoms with Crippen molar-refractivity contribution >= 4 is 0 Å². The molecule has 1 N–H and O–H groups in total. The van der Waals surface area contributed by atoms with E-state index in [4.69, 9.17) is 0 Å². The first-order chi connectivity index (χ1) is 9.82. The SMILES string of the molecule is CNCc1c(C)nn(Cc2ccc(C(F)(F)F)cc2)c1C. The molecule has 0 aliphatic heterocycles. The monoisotopic (exact) mass is 297 g/mol. The van der Waals surface area contributed by atoms with Crippen LogP contribution in [0.4, 0.5) is 13.2 Å². The molecule has 0 fully saturated rings. The third kappa shape index (κ3) is 3.44. The number of hydrogen-bond donors (Lipinski definition) is 1. The number of aromatic nitrogens is 2. The van der Waals surface area contributed by atoms with Gasteiger partial charge in [0.25, 0.3) is 0 Å². The molecule has 21 heavy (non-hydrogen) atoms. The van der Waals surface area contributed by atoms with Gasteiger partial charge >= 0.3 is 6.18 Å². The number of rotatable bonds is 4. The Morgan fingerprint density at radius 2 is 1.76 bits per heavy atom. The molecule has 0 saturated carbocycles. The van der Waals surface area contributed by atoms with Gasteiger partial charge in [-0.25, -0.2) is 0 Å². The summed E-state index contributed by atoms with van der Waals surface area (Å²) in [6.45, 7) is 5.10. The molecule has 2 aromatic rings. The number of aryl methyl sites for hydroxylation is 1. The minimum atomic E-state index is -4.29. The van der Waals surface area contributed by atoms with Gasteiger partial charge in [-0.2, -0.15) is 18.3 Å². The van der Waals surface area contributed by atoms with E-state index in [2.05, 4.69) is 10.4 Å². The van der Waals surface area contributed by atoms with Crippen molar-refractivity contribution in [3.05, 3.63) is 52.3 Å². The lowest BCUT2D eigenvalue weighted by Crippen LogP contribution is -2.09. The second-order valence-electron chi connectivity index (χ2n) is 5.03. The predicted molar refractivity (Wildman–Crippen MR) is 75.0 cm³/mol. The molecule has 0 atom stereocenters. The molecule has 2 rings (SSSR count). The van der Waals surface area contributed by atoms with Crippen LogP contribution >= 0.6 is 0 Å². The van der Waals surface area contributed by atoms with Gasteiger partial charge < -0.3 is 5.32 Å². The van der Waals surface area contributed by atoms with Crippen LogP contribution in [-0.4, -0.2) is 16.8 Å². The molecule has 1 heterocycles. The summed E-state index contributed by atoms with van der Waals surface area (Å²) in [7, 11) is 1.87. The Morgan fingerprint density at radius 1 is 1.14 bits per heavy atom. The second kappa shape index (κ2) is 5.89. The highest BCUT2D eigenvalue weighted by molar-refractivity contribution is 5.28. The fraction of sp³-hybridized carbons (Fsp3) is 0.400.